The Morgan fingerprint density at radius 1 is 1.28 bits per heavy atom. The fraction of sp³-hybridized carbons (Fsp3) is 0.593. The van der Waals surface area contributed by atoms with Crippen LogP contribution in [0.15, 0.2) is 24.4 Å². The zero-order valence-corrected chi connectivity index (χ0v) is 21.9. The third kappa shape index (κ3) is 4.90. The van der Waals surface area contributed by atoms with Gasteiger partial charge in [-0.1, -0.05) is 23.7 Å². The summed E-state index contributed by atoms with van der Waals surface area (Å²) >= 11 is 6.40. The quantitative estimate of drug-likeness (QED) is 0.527. The van der Waals surface area contributed by atoms with E-state index in [1.807, 2.05) is 39.0 Å². The van der Waals surface area contributed by atoms with Gasteiger partial charge >= 0.3 is 5.97 Å². The van der Waals surface area contributed by atoms with Crippen molar-refractivity contribution in [1.29, 1.82) is 0 Å². The van der Waals surface area contributed by atoms with Gasteiger partial charge in [0.05, 0.1) is 17.7 Å². The second-order valence-electron chi connectivity index (χ2n) is 11.2. The monoisotopic (exact) mass is 515 g/mol. The topological polar surface area (TPSA) is 81.6 Å². The maximum absolute atomic E-state index is 14.5. The molecule has 0 amide bonds. The Morgan fingerprint density at radius 2 is 2.03 bits per heavy atom. The van der Waals surface area contributed by atoms with Crippen LogP contribution in [0.3, 0.4) is 0 Å². The number of carboxylic acid groups (broad SMARTS) is 1. The van der Waals surface area contributed by atoms with Crippen LogP contribution < -0.4 is 10.2 Å². The minimum Gasteiger partial charge on any atom is -0.481 e. The number of rotatable bonds is 7. The fourth-order valence-corrected chi connectivity index (χ4v) is 6.42. The Bertz CT molecular complexity index is 1140. The number of aliphatic carboxylic acids is 1. The average Bonchev–Trinajstić information content (AvgIpc) is 2.78. The Hall–Kier alpha value is -2.45. The molecule has 0 unspecified atom stereocenters. The van der Waals surface area contributed by atoms with E-state index in [1.54, 1.807) is 0 Å². The number of halogens is 2. The lowest BCUT2D eigenvalue weighted by Crippen LogP contribution is -2.58. The number of anilines is 2. The normalized spacial score (nSPS) is 27.8. The number of nitrogens with zero attached hydrogens (tertiary/aromatic N) is 4. The highest BCUT2D eigenvalue weighted by Gasteiger charge is 2.49. The van der Waals surface area contributed by atoms with Crippen LogP contribution >= 0.6 is 11.6 Å². The minimum atomic E-state index is -0.675. The van der Waals surface area contributed by atoms with Gasteiger partial charge in [0, 0.05) is 30.7 Å². The molecule has 3 heterocycles. The van der Waals surface area contributed by atoms with Gasteiger partial charge in [-0.05, 0) is 82.0 Å². The first kappa shape index (κ1) is 25.2. The van der Waals surface area contributed by atoms with Crippen molar-refractivity contribution >= 4 is 29.3 Å². The Labute approximate surface area is 217 Å². The summed E-state index contributed by atoms with van der Waals surface area (Å²) in [6.07, 6.45) is 5.08. The molecule has 3 aliphatic rings. The minimum absolute atomic E-state index is 0.183. The van der Waals surface area contributed by atoms with Crippen molar-refractivity contribution in [3.05, 3.63) is 46.4 Å². The van der Waals surface area contributed by atoms with Crippen LogP contribution in [0.5, 0.6) is 0 Å². The summed E-state index contributed by atoms with van der Waals surface area (Å²) in [7, 11) is 0. The first-order valence-corrected chi connectivity index (χ1v) is 13.3. The second kappa shape index (κ2) is 9.78. The molecule has 194 valence electrons. The summed E-state index contributed by atoms with van der Waals surface area (Å²) in [6.45, 7) is 9.60. The summed E-state index contributed by atoms with van der Waals surface area (Å²) in [5.74, 6) is 0.709. The number of carbonyl (C=O) groups is 1. The number of aryl methyl sites for hydroxylation is 1. The van der Waals surface area contributed by atoms with E-state index in [0.29, 0.717) is 28.8 Å². The number of likely N-dealkylation sites (tertiary alicyclic amines) is 1. The predicted octanol–water partition coefficient (Wildman–Crippen LogP) is 5.15. The smallest absolute Gasteiger partial charge is 0.309 e. The Morgan fingerprint density at radius 3 is 2.72 bits per heavy atom. The summed E-state index contributed by atoms with van der Waals surface area (Å²) < 4.78 is 14.5. The Balaban J connectivity index is 1.17. The Kier molecular flexibility index (Phi) is 6.85. The lowest BCUT2D eigenvalue weighted by Gasteiger charge is -2.52. The van der Waals surface area contributed by atoms with Gasteiger partial charge in [-0.2, -0.15) is 4.98 Å². The first-order chi connectivity index (χ1) is 17.1. The zero-order valence-electron chi connectivity index (χ0n) is 21.2. The zero-order chi connectivity index (χ0) is 25.6. The van der Waals surface area contributed by atoms with E-state index in [-0.39, 0.29) is 11.9 Å². The molecule has 7 nitrogen and oxygen atoms in total. The van der Waals surface area contributed by atoms with Gasteiger partial charge in [0.15, 0.2) is 11.6 Å². The summed E-state index contributed by atoms with van der Waals surface area (Å²) in [4.78, 5) is 24.8. The van der Waals surface area contributed by atoms with Gasteiger partial charge in [0.1, 0.15) is 0 Å². The average molecular weight is 516 g/mol. The molecule has 1 aromatic heterocycles. The molecule has 2 aliphatic heterocycles. The molecule has 36 heavy (non-hydrogen) atoms. The van der Waals surface area contributed by atoms with Crippen molar-refractivity contribution in [1.82, 2.24) is 14.9 Å². The first-order valence-electron chi connectivity index (χ1n) is 12.9. The molecule has 0 bridgehead atoms. The number of aromatic nitrogens is 2. The van der Waals surface area contributed by atoms with Gasteiger partial charge in [-0.25, -0.2) is 9.37 Å². The van der Waals surface area contributed by atoms with Gasteiger partial charge in [0.2, 0.25) is 5.95 Å². The van der Waals surface area contributed by atoms with Crippen molar-refractivity contribution in [2.45, 2.75) is 58.5 Å². The number of benzene rings is 1. The van der Waals surface area contributed by atoms with Crippen LogP contribution in [-0.2, 0) is 4.79 Å². The molecule has 1 aliphatic carbocycles. The molecule has 2 atom stereocenters. The van der Waals surface area contributed by atoms with E-state index in [0.717, 1.165) is 56.6 Å². The number of piperidine rings is 1. The molecule has 0 spiro atoms. The third-order valence-corrected chi connectivity index (χ3v) is 8.79. The molecule has 0 radical (unpaired) electrons. The molecule has 3 fully saturated rings. The molecular formula is C27H35ClFN5O2. The van der Waals surface area contributed by atoms with Gasteiger partial charge in [0.25, 0.3) is 0 Å². The third-order valence-electron chi connectivity index (χ3n) is 8.46. The number of hydrogen-bond donors (Lipinski definition) is 2. The maximum Gasteiger partial charge on any atom is 0.309 e. The predicted molar refractivity (Wildman–Crippen MR) is 139 cm³/mol. The SMILES string of the molecule is Cc1ccc([C@@H](C)Nc2nc(N3CC([C@H]4CCCN(C5CC(C)(C(=O)O)C5)C4)C3)ncc2F)c(Cl)c1. The van der Waals surface area contributed by atoms with E-state index in [2.05, 4.69) is 25.1 Å². The summed E-state index contributed by atoms with van der Waals surface area (Å²) in [5.41, 5.74) is 1.41. The number of nitrogens with one attached hydrogen (secondary N) is 1. The molecule has 2 aromatic rings. The van der Waals surface area contributed by atoms with E-state index < -0.39 is 17.2 Å². The number of carboxylic acids is 1. The maximum atomic E-state index is 14.5. The lowest BCUT2D eigenvalue weighted by atomic mass is 9.65. The molecule has 1 aromatic carbocycles. The van der Waals surface area contributed by atoms with Crippen molar-refractivity contribution in [3.63, 3.8) is 0 Å². The van der Waals surface area contributed by atoms with Crippen molar-refractivity contribution < 1.29 is 14.3 Å². The van der Waals surface area contributed by atoms with Gasteiger partial charge < -0.3 is 20.2 Å². The standard InChI is InChI=1S/C27H35ClFN5O2/c1-16-6-7-21(22(28)9-16)17(2)31-24-23(29)12-30-26(32-24)34-14-19(15-34)18-5-4-8-33(13-18)20-10-27(3,11-20)25(35)36/h6-7,9,12,17-20H,4-5,8,10-11,13-15H2,1-3H3,(H,35,36)(H,30,31,32)/t17-,18+,20?,27?/m1/s1. The lowest BCUT2D eigenvalue weighted by molar-refractivity contribution is -0.158. The van der Waals surface area contributed by atoms with Gasteiger partial charge in [-0.3, -0.25) is 4.79 Å². The van der Waals surface area contributed by atoms with Crippen LogP contribution in [-0.4, -0.2) is 58.2 Å². The van der Waals surface area contributed by atoms with E-state index in [1.165, 1.54) is 12.6 Å². The highest BCUT2D eigenvalue weighted by atomic mass is 35.5. The largest absolute Gasteiger partial charge is 0.481 e. The van der Waals surface area contributed by atoms with E-state index in [4.69, 9.17) is 11.6 Å². The van der Waals surface area contributed by atoms with Crippen molar-refractivity contribution in [2.24, 2.45) is 17.3 Å². The fourth-order valence-electron chi connectivity index (χ4n) is 6.02. The highest BCUT2D eigenvalue weighted by Crippen LogP contribution is 2.45. The van der Waals surface area contributed by atoms with Crippen molar-refractivity contribution in [2.75, 3.05) is 36.4 Å². The van der Waals surface area contributed by atoms with E-state index >= 15 is 0 Å². The van der Waals surface area contributed by atoms with Crippen LogP contribution in [0, 0.1) is 30.0 Å². The van der Waals surface area contributed by atoms with Crippen molar-refractivity contribution in [3.8, 4) is 0 Å². The van der Waals surface area contributed by atoms with Crippen LogP contribution in [0.25, 0.3) is 0 Å². The van der Waals surface area contributed by atoms with E-state index in [9.17, 15) is 14.3 Å². The molecule has 1 saturated carbocycles. The second-order valence-corrected chi connectivity index (χ2v) is 11.7. The van der Waals surface area contributed by atoms with Gasteiger partial charge in [-0.15, -0.1) is 0 Å². The van der Waals surface area contributed by atoms with Crippen LogP contribution in [0.4, 0.5) is 16.2 Å². The molecule has 2 saturated heterocycles. The molecule has 5 rings (SSSR count). The van der Waals surface area contributed by atoms with Crippen LogP contribution in [0.1, 0.15) is 56.7 Å². The number of hydrogen-bond acceptors (Lipinski definition) is 6. The highest BCUT2D eigenvalue weighted by molar-refractivity contribution is 6.31. The summed E-state index contributed by atoms with van der Waals surface area (Å²) in [5, 5.41) is 13.2. The molecule has 9 heteroatoms. The molecular weight excluding hydrogens is 481 g/mol. The summed E-state index contributed by atoms with van der Waals surface area (Å²) in [6, 6.07) is 6.03. The van der Waals surface area contributed by atoms with Crippen LogP contribution in [0.2, 0.25) is 5.02 Å². The molecule has 2 N–H and O–H groups in total.